The summed E-state index contributed by atoms with van der Waals surface area (Å²) in [6.45, 7) is 4.16. The fourth-order valence-electron chi connectivity index (χ4n) is 1.26. The topological polar surface area (TPSA) is 63.6 Å². The Morgan fingerprint density at radius 2 is 2.25 bits per heavy atom. The third-order valence-corrected chi connectivity index (χ3v) is 3.55. The summed E-state index contributed by atoms with van der Waals surface area (Å²) < 4.78 is 3.81. The molecule has 2 aromatic rings. The van der Waals surface area contributed by atoms with E-state index in [9.17, 15) is 0 Å². The maximum atomic E-state index is 4.15. The highest BCUT2D eigenvalue weighted by Crippen LogP contribution is 2.22. The molecule has 2 rings (SSSR count). The number of aryl methyl sites for hydroxylation is 1. The molecule has 7 heteroatoms. The van der Waals surface area contributed by atoms with Gasteiger partial charge in [-0.05, 0) is 31.0 Å². The van der Waals surface area contributed by atoms with Crippen molar-refractivity contribution >= 4 is 22.9 Å². The predicted molar refractivity (Wildman–Crippen MR) is 65.7 cm³/mol. The predicted octanol–water partition coefficient (Wildman–Crippen LogP) is 1.60. The highest BCUT2D eigenvalue weighted by Gasteiger charge is 2.08. The van der Waals surface area contributed by atoms with Crippen molar-refractivity contribution in [3.8, 4) is 10.7 Å². The third-order valence-electron chi connectivity index (χ3n) is 2.04. The van der Waals surface area contributed by atoms with Crippen LogP contribution in [0.2, 0.25) is 0 Å². The maximum Gasteiger partial charge on any atom is 0.169 e. The first-order valence-corrected chi connectivity index (χ1v) is 6.86. The SMILES string of the molecule is CCNCCCc1nnc(-c2csnn2)s1. The second kappa shape index (κ2) is 5.97. The molecule has 0 aliphatic carbocycles. The number of aromatic nitrogens is 4. The quantitative estimate of drug-likeness (QED) is 0.794. The molecule has 0 bridgehead atoms. The molecule has 0 aromatic carbocycles. The zero-order valence-corrected chi connectivity index (χ0v) is 10.6. The van der Waals surface area contributed by atoms with Crippen molar-refractivity contribution in [3.05, 3.63) is 10.4 Å². The van der Waals surface area contributed by atoms with Crippen LogP contribution in [0.25, 0.3) is 10.7 Å². The van der Waals surface area contributed by atoms with Gasteiger partial charge in [0.1, 0.15) is 10.7 Å². The Hall–Kier alpha value is -0.920. The molecule has 0 fully saturated rings. The molecule has 2 heterocycles. The molecule has 86 valence electrons. The van der Waals surface area contributed by atoms with Crippen LogP contribution in [0.4, 0.5) is 0 Å². The highest BCUT2D eigenvalue weighted by atomic mass is 32.1. The van der Waals surface area contributed by atoms with Crippen LogP contribution in [0.5, 0.6) is 0 Å². The Kier molecular flexibility index (Phi) is 4.32. The van der Waals surface area contributed by atoms with Gasteiger partial charge in [0.05, 0.1) is 0 Å². The summed E-state index contributed by atoms with van der Waals surface area (Å²) in [5.74, 6) is 0. The Morgan fingerprint density at radius 1 is 1.31 bits per heavy atom. The average Bonchev–Trinajstić information content (AvgIpc) is 2.94. The largest absolute Gasteiger partial charge is 0.317 e. The van der Waals surface area contributed by atoms with Gasteiger partial charge in [0, 0.05) is 11.8 Å². The lowest BCUT2D eigenvalue weighted by atomic mass is 10.3. The summed E-state index contributed by atoms with van der Waals surface area (Å²) >= 11 is 2.94. The molecule has 0 unspecified atom stereocenters. The second-order valence-electron chi connectivity index (χ2n) is 3.25. The van der Waals surface area contributed by atoms with Crippen molar-refractivity contribution in [2.45, 2.75) is 19.8 Å². The summed E-state index contributed by atoms with van der Waals surface area (Å²) in [7, 11) is 0. The molecule has 0 saturated heterocycles. The van der Waals surface area contributed by atoms with Crippen LogP contribution >= 0.6 is 22.9 Å². The van der Waals surface area contributed by atoms with E-state index in [2.05, 4.69) is 32.0 Å². The van der Waals surface area contributed by atoms with Crippen molar-refractivity contribution in [3.63, 3.8) is 0 Å². The minimum Gasteiger partial charge on any atom is -0.317 e. The van der Waals surface area contributed by atoms with Crippen molar-refractivity contribution in [2.75, 3.05) is 13.1 Å². The third kappa shape index (κ3) is 3.03. The van der Waals surface area contributed by atoms with Crippen LogP contribution in [0.15, 0.2) is 5.38 Å². The molecule has 0 aliphatic rings. The van der Waals surface area contributed by atoms with Gasteiger partial charge in [0.15, 0.2) is 5.01 Å². The first-order valence-electron chi connectivity index (χ1n) is 5.20. The van der Waals surface area contributed by atoms with Gasteiger partial charge in [-0.3, -0.25) is 0 Å². The lowest BCUT2D eigenvalue weighted by molar-refractivity contribution is 0.669. The minimum atomic E-state index is 0.834. The van der Waals surface area contributed by atoms with Crippen LogP contribution in [0.1, 0.15) is 18.4 Å². The lowest BCUT2D eigenvalue weighted by Crippen LogP contribution is -2.14. The first kappa shape index (κ1) is 11.6. The molecule has 0 amide bonds. The Labute approximate surface area is 102 Å². The summed E-state index contributed by atoms with van der Waals surface area (Å²) in [4.78, 5) is 0. The van der Waals surface area contributed by atoms with Crippen molar-refractivity contribution in [2.24, 2.45) is 0 Å². The Balaban J connectivity index is 1.88. The monoisotopic (exact) mass is 255 g/mol. The van der Waals surface area contributed by atoms with E-state index in [1.165, 1.54) is 11.5 Å². The summed E-state index contributed by atoms with van der Waals surface area (Å²) in [6.07, 6.45) is 2.07. The molecule has 0 radical (unpaired) electrons. The first-order chi connectivity index (χ1) is 7.90. The van der Waals surface area contributed by atoms with Crippen LogP contribution < -0.4 is 5.32 Å². The van der Waals surface area contributed by atoms with Gasteiger partial charge in [0.2, 0.25) is 0 Å². The fourth-order valence-corrected chi connectivity index (χ4v) is 2.61. The summed E-state index contributed by atoms with van der Waals surface area (Å²) in [6, 6.07) is 0. The maximum absolute atomic E-state index is 4.15. The number of nitrogens with zero attached hydrogens (tertiary/aromatic N) is 4. The standard InChI is InChI=1S/C9H13N5S2/c1-2-10-5-3-4-8-12-13-9(16-8)7-6-15-14-11-7/h6,10H,2-5H2,1H3. The summed E-state index contributed by atoms with van der Waals surface area (Å²) in [5.41, 5.74) is 0.834. The Morgan fingerprint density at radius 3 is 3.00 bits per heavy atom. The van der Waals surface area contributed by atoms with Crippen LogP contribution in [0, 0.1) is 0 Å². The molecule has 5 nitrogen and oxygen atoms in total. The molecule has 1 N–H and O–H groups in total. The molecular weight excluding hydrogens is 242 g/mol. The number of nitrogens with one attached hydrogen (secondary N) is 1. The van der Waals surface area contributed by atoms with E-state index < -0.39 is 0 Å². The van der Waals surface area contributed by atoms with Gasteiger partial charge in [-0.1, -0.05) is 22.7 Å². The van der Waals surface area contributed by atoms with Gasteiger partial charge >= 0.3 is 0 Å². The van der Waals surface area contributed by atoms with Gasteiger partial charge in [0.25, 0.3) is 0 Å². The van der Waals surface area contributed by atoms with Gasteiger partial charge < -0.3 is 5.32 Å². The van der Waals surface area contributed by atoms with E-state index in [0.29, 0.717) is 0 Å². The van der Waals surface area contributed by atoms with Gasteiger partial charge in [-0.15, -0.1) is 15.3 Å². The van der Waals surface area contributed by atoms with E-state index in [-0.39, 0.29) is 0 Å². The van der Waals surface area contributed by atoms with Crippen molar-refractivity contribution in [1.29, 1.82) is 0 Å². The second-order valence-corrected chi connectivity index (χ2v) is 4.92. The lowest BCUT2D eigenvalue weighted by Gasteiger charge is -1.97. The highest BCUT2D eigenvalue weighted by molar-refractivity contribution is 7.15. The van der Waals surface area contributed by atoms with E-state index in [4.69, 9.17) is 0 Å². The van der Waals surface area contributed by atoms with E-state index in [0.717, 1.165) is 41.6 Å². The summed E-state index contributed by atoms with van der Waals surface area (Å²) in [5, 5.41) is 19.3. The number of rotatable bonds is 6. The smallest absolute Gasteiger partial charge is 0.169 e. The van der Waals surface area contributed by atoms with Crippen LogP contribution in [-0.2, 0) is 6.42 Å². The van der Waals surface area contributed by atoms with Crippen LogP contribution in [-0.4, -0.2) is 32.9 Å². The molecular formula is C9H13N5S2. The normalized spacial score (nSPS) is 10.8. The average molecular weight is 255 g/mol. The Bertz CT molecular complexity index is 411. The number of hydrogen-bond donors (Lipinski definition) is 1. The van der Waals surface area contributed by atoms with E-state index >= 15 is 0 Å². The van der Waals surface area contributed by atoms with Gasteiger partial charge in [-0.25, -0.2) is 0 Å². The van der Waals surface area contributed by atoms with E-state index in [1.807, 2.05) is 5.38 Å². The molecule has 0 saturated carbocycles. The van der Waals surface area contributed by atoms with Crippen molar-refractivity contribution < 1.29 is 0 Å². The molecule has 0 aliphatic heterocycles. The molecule has 16 heavy (non-hydrogen) atoms. The van der Waals surface area contributed by atoms with Crippen molar-refractivity contribution in [1.82, 2.24) is 25.1 Å². The van der Waals surface area contributed by atoms with E-state index in [1.54, 1.807) is 11.3 Å². The molecule has 0 atom stereocenters. The van der Waals surface area contributed by atoms with Crippen LogP contribution in [0.3, 0.4) is 0 Å². The molecule has 0 spiro atoms. The number of hydrogen-bond acceptors (Lipinski definition) is 7. The fraction of sp³-hybridized carbons (Fsp3) is 0.556. The molecule has 2 aromatic heterocycles. The zero-order chi connectivity index (χ0) is 11.2. The zero-order valence-electron chi connectivity index (χ0n) is 9.01. The van der Waals surface area contributed by atoms with Gasteiger partial charge in [-0.2, -0.15) is 0 Å². The minimum absolute atomic E-state index is 0.834.